The molecule has 2 saturated heterocycles. The number of ether oxygens (including phenoxy) is 10. The molecule has 7 aliphatic rings. The first-order valence-electron chi connectivity index (χ1n) is 23.5. The number of phenolic OH excluding ortho intramolecular Hbond substituents is 2. The summed E-state index contributed by atoms with van der Waals surface area (Å²) in [7, 11) is 5.92. The molecule has 4 heterocycles. The highest BCUT2D eigenvalue weighted by molar-refractivity contribution is 5.86. The average molecular weight is 961 g/mol. The molecule has 3 aliphatic carbocycles. The molecule has 16 nitrogen and oxygen atoms in total. The summed E-state index contributed by atoms with van der Waals surface area (Å²) in [4.78, 5) is 27.3. The minimum Gasteiger partial charge on any atom is -0.502 e. The van der Waals surface area contributed by atoms with Gasteiger partial charge in [0.2, 0.25) is 25.1 Å². The summed E-state index contributed by atoms with van der Waals surface area (Å²) < 4.78 is 57.8. The maximum atomic E-state index is 13.9. The van der Waals surface area contributed by atoms with E-state index in [2.05, 4.69) is 47.0 Å². The molecule has 0 bridgehead atoms. The van der Waals surface area contributed by atoms with Crippen LogP contribution in [0.5, 0.6) is 57.5 Å². The van der Waals surface area contributed by atoms with Gasteiger partial charge in [0, 0.05) is 34.7 Å². The first kappa shape index (κ1) is 42.9. The predicted octanol–water partition coefficient (Wildman–Crippen LogP) is 8.41. The van der Waals surface area contributed by atoms with Crippen molar-refractivity contribution in [2.75, 3.05) is 65.9 Å². The molecule has 71 heavy (non-hydrogen) atoms. The number of benzene rings is 6. The number of carbonyl (C=O) groups excluding carboxylic acids is 2. The third-order valence-corrected chi connectivity index (χ3v) is 15.6. The fourth-order valence-electron chi connectivity index (χ4n) is 12.3. The third kappa shape index (κ3) is 6.56. The van der Waals surface area contributed by atoms with Gasteiger partial charge < -0.3 is 68.2 Å². The maximum Gasteiger partial charge on any atom is 0.310 e. The fourth-order valence-corrected chi connectivity index (χ4v) is 12.3. The molecule has 4 N–H and O–H groups in total. The van der Waals surface area contributed by atoms with Gasteiger partial charge in [-0.1, -0.05) is 12.1 Å². The van der Waals surface area contributed by atoms with Crippen LogP contribution in [0.25, 0.3) is 22.3 Å². The van der Waals surface area contributed by atoms with Crippen LogP contribution in [-0.4, -0.2) is 77.4 Å². The van der Waals surface area contributed by atoms with E-state index in [4.69, 9.17) is 47.4 Å². The number of fused-ring (bicyclic) bond motifs is 9. The Morgan fingerprint density at radius 1 is 0.563 bits per heavy atom. The van der Waals surface area contributed by atoms with E-state index in [-0.39, 0.29) is 97.2 Å². The zero-order valence-electron chi connectivity index (χ0n) is 39.1. The van der Waals surface area contributed by atoms with Gasteiger partial charge in [-0.15, -0.1) is 0 Å². The van der Waals surface area contributed by atoms with Crippen molar-refractivity contribution >= 4 is 23.3 Å². The first-order valence-corrected chi connectivity index (χ1v) is 23.5. The zero-order chi connectivity index (χ0) is 48.4. The number of carbonyl (C=O) groups is 2. The topological polar surface area (TPSA) is 191 Å². The number of esters is 2. The van der Waals surface area contributed by atoms with Crippen LogP contribution in [0.2, 0.25) is 0 Å². The SMILES string of the molecule is COc1cc(-c2c3c(cc4c2OCO4)[C@@H](Nc2ccc4c(c2)Cc2cc(N[C@@H]5c6cc7c(cc6[C@@H](c6cc(OC)c(O)c(OC)c6)[C@H]6C(=O)OC[C@@H]65)OCO7)ccc2-4)[C@H]2COC(=O)[C@@H]2C3)cc(OC)c1O. The van der Waals surface area contributed by atoms with E-state index in [1.165, 1.54) is 28.4 Å². The highest BCUT2D eigenvalue weighted by atomic mass is 16.7. The number of anilines is 2. The second-order valence-electron chi connectivity index (χ2n) is 19.0. The van der Waals surface area contributed by atoms with E-state index in [1.54, 1.807) is 24.3 Å². The fraction of sp³-hybridized carbons (Fsp3) is 0.309. The van der Waals surface area contributed by atoms with Crippen molar-refractivity contribution < 1.29 is 67.2 Å². The molecule has 0 radical (unpaired) electrons. The number of phenols is 2. The summed E-state index contributed by atoms with van der Waals surface area (Å²) in [5.41, 5.74) is 12.2. The highest BCUT2D eigenvalue weighted by Crippen LogP contribution is 2.58. The van der Waals surface area contributed by atoms with E-state index in [0.29, 0.717) is 41.4 Å². The summed E-state index contributed by atoms with van der Waals surface area (Å²) in [5, 5.41) is 29.3. The van der Waals surface area contributed by atoms with Gasteiger partial charge in [-0.05, 0) is 135 Å². The third-order valence-electron chi connectivity index (χ3n) is 15.6. The summed E-state index contributed by atoms with van der Waals surface area (Å²) in [6.07, 6.45) is 1.10. The van der Waals surface area contributed by atoms with Crippen LogP contribution >= 0.6 is 0 Å². The molecule has 6 aromatic carbocycles. The maximum absolute atomic E-state index is 13.9. The van der Waals surface area contributed by atoms with Crippen molar-refractivity contribution in [2.24, 2.45) is 23.7 Å². The normalized spacial score (nSPS) is 23.3. The lowest BCUT2D eigenvalue weighted by Crippen LogP contribution is -2.37. The van der Waals surface area contributed by atoms with Crippen molar-refractivity contribution in [1.82, 2.24) is 0 Å². The lowest BCUT2D eigenvalue weighted by molar-refractivity contribution is -0.142. The molecule has 362 valence electrons. The molecule has 16 heteroatoms. The van der Waals surface area contributed by atoms with E-state index in [1.807, 2.05) is 18.2 Å². The molecule has 13 rings (SSSR count). The van der Waals surface area contributed by atoms with Crippen molar-refractivity contribution in [3.63, 3.8) is 0 Å². The van der Waals surface area contributed by atoms with Crippen molar-refractivity contribution in [2.45, 2.75) is 30.8 Å². The van der Waals surface area contributed by atoms with Gasteiger partial charge in [-0.2, -0.15) is 0 Å². The molecule has 0 amide bonds. The van der Waals surface area contributed by atoms with Crippen molar-refractivity contribution in [3.8, 4) is 79.7 Å². The van der Waals surface area contributed by atoms with Gasteiger partial charge in [0.15, 0.2) is 46.0 Å². The summed E-state index contributed by atoms with van der Waals surface area (Å²) in [5.74, 6) is 0.630. The number of hydrogen-bond acceptors (Lipinski definition) is 16. The minimum atomic E-state index is -0.572. The van der Waals surface area contributed by atoms with E-state index in [0.717, 1.165) is 67.0 Å². The molecular weight excluding hydrogens is 913 g/mol. The molecule has 4 aliphatic heterocycles. The van der Waals surface area contributed by atoms with Crippen LogP contribution in [0.3, 0.4) is 0 Å². The standard InChI is InChI=1S/C55H48N2O14/c1-62-41-12-26(13-42(63-2)51(41)58)46-33-17-39-40(69-22-68-39)18-34(33)50(38-21-67-55(61)48(38)46)57-29-6-8-31-25(11-29)9-24-10-28(5-7-30(24)31)56-49-35-19-45-53(71-23-70-45)47(32(35)16-36-37(49)20-66-54(36)60)27-14-43(64-3)52(59)44(15-27)65-4/h5-8,10-15,17-19,36-38,46,48-50,56-59H,9,16,20-23H2,1-4H3/t36-,37+,38+,46-,48+,49-,50-/m1/s1. The zero-order valence-corrected chi connectivity index (χ0v) is 39.1. The van der Waals surface area contributed by atoms with Crippen LogP contribution in [0, 0.1) is 23.7 Å². The molecule has 6 aromatic rings. The van der Waals surface area contributed by atoms with Gasteiger partial charge >= 0.3 is 11.9 Å². The Balaban J connectivity index is 0.825. The summed E-state index contributed by atoms with van der Waals surface area (Å²) in [6, 6.07) is 25.1. The smallest absolute Gasteiger partial charge is 0.310 e. The van der Waals surface area contributed by atoms with Gasteiger partial charge in [0.1, 0.15) is 0 Å². The van der Waals surface area contributed by atoms with E-state index in [9.17, 15) is 19.8 Å². The Hall–Kier alpha value is -8.14. The quantitative estimate of drug-likeness (QED) is 0.0955. The Labute approximate surface area is 407 Å². The Morgan fingerprint density at radius 2 is 1.10 bits per heavy atom. The summed E-state index contributed by atoms with van der Waals surface area (Å²) in [6.45, 7) is 0.607. The van der Waals surface area contributed by atoms with Gasteiger partial charge in [0.05, 0.1) is 65.6 Å². The predicted molar refractivity (Wildman–Crippen MR) is 255 cm³/mol. The van der Waals surface area contributed by atoms with Crippen molar-refractivity contribution in [3.05, 3.63) is 118 Å². The van der Waals surface area contributed by atoms with Crippen LogP contribution in [0.15, 0.2) is 78.9 Å². The highest BCUT2D eigenvalue weighted by Gasteiger charge is 2.53. The Bertz CT molecular complexity index is 3210. The average Bonchev–Trinajstić information content (AvgIpc) is 4.25. The Kier molecular flexibility index (Phi) is 9.80. The first-order chi connectivity index (χ1) is 34.6. The number of methoxy groups -OCH3 is 4. The van der Waals surface area contributed by atoms with Crippen LogP contribution in [0.1, 0.15) is 56.9 Å². The second kappa shape index (κ2) is 16.2. The molecule has 7 atom stereocenters. The minimum absolute atomic E-state index is 0.0377. The molecular formula is C55H48N2O14. The van der Waals surface area contributed by atoms with Gasteiger partial charge in [-0.3, -0.25) is 9.59 Å². The van der Waals surface area contributed by atoms with Crippen LogP contribution < -0.4 is 48.5 Å². The number of cyclic esters (lactones) is 2. The van der Waals surface area contributed by atoms with Crippen molar-refractivity contribution in [1.29, 1.82) is 0 Å². The number of hydrogen-bond donors (Lipinski definition) is 4. The number of nitrogens with one attached hydrogen (secondary N) is 2. The lowest BCUT2D eigenvalue weighted by atomic mass is 9.65. The largest absolute Gasteiger partial charge is 0.502 e. The van der Waals surface area contributed by atoms with Gasteiger partial charge in [0.25, 0.3) is 0 Å². The lowest BCUT2D eigenvalue weighted by Gasteiger charge is -2.40. The Morgan fingerprint density at radius 3 is 1.73 bits per heavy atom. The van der Waals surface area contributed by atoms with E-state index >= 15 is 0 Å². The molecule has 2 fully saturated rings. The second-order valence-corrected chi connectivity index (χ2v) is 19.0. The molecule has 0 spiro atoms. The van der Waals surface area contributed by atoms with Crippen LogP contribution in [0.4, 0.5) is 11.4 Å². The monoisotopic (exact) mass is 960 g/mol. The van der Waals surface area contributed by atoms with E-state index < -0.39 is 17.8 Å². The molecule has 0 unspecified atom stereocenters. The van der Waals surface area contributed by atoms with Gasteiger partial charge in [-0.25, -0.2) is 0 Å². The number of rotatable bonds is 10. The molecule has 0 aromatic heterocycles. The summed E-state index contributed by atoms with van der Waals surface area (Å²) >= 11 is 0. The van der Waals surface area contributed by atoms with Crippen LogP contribution in [-0.2, 0) is 31.9 Å². The number of aromatic hydroxyl groups is 2. The molecule has 0 saturated carbocycles.